The molecule has 1 atom stereocenters. The fourth-order valence-electron chi connectivity index (χ4n) is 5.27. The number of amides is 2. The number of carbonyl (C=O) groups is 2. The number of hydrogen-bond donors (Lipinski definition) is 0. The van der Waals surface area contributed by atoms with Gasteiger partial charge >= 0.3 is 0 Å². The molecule has 158 valence electrons. The fraction of sp³-hybridized carbons (Fsp3) is 0.619. The number of piperidine rings is 1. The molecule has 0 saturated carbocycles. The van der Waals surface area contributed by atoms with E-state index in [4.69, 9.17) is 0 Å². The third-order valence-electron chi connectivity index (χ3n) is 6.73. The van der Waals surface area contributed by atoms with Gasteiger partial charge in [0.15, 0.2) is 0 Å². The third-order valence-corrected chi connectivity index (χ3v) is 8.03. The average Bonchev–Trinajstić information content (AvgIpc) is 2.59. The Hall–Kier alpha value is -1.93. The second-order valence-electron chi connectivity index (χ2n) is 8.73. The highest BCUT2D eigenvalue weighted by Gasteiger charge is 2.57. The zero-order valence-electron chi connectivity index (χ0n) is 17.3. The molecule has 0 aliphatic carbocycles. The van der Waals surface area contributed by atoms with Gasteiger partial charge in [-0.3, -0.25) is 9.59 Å². The lowest BCUT2D eigenvalue weighted by molar-refractivity contribution is -0.142. The molecule has 0 aromatic heterocycles. The molecule has 7 nitrogen and oxygen atoms in total. The summed E-state index contributed by atoms with van der Waals surface area (Å²) in [5, 5.41) is 0. The molecule has 1 spiro atoms. The van der Waals surface area contributed by atoms with E-state index in [9.17, 15) is 18.0 Å². The standard InChI is InChI=1S/C21H29N3O4S/c1-15(2)24-19(25)17-8-5-4-7-16(17)18(20(26)22-11-6-12-22)21(24)9-13-23(14-10-21)29(3,27)28/h4-5,7-8,15,18H,6,9-14H2,1-3H3. The zero-order valence-corrected chi connectivity index (χ0v) is 18.1. The minimum absolute atomic E-state index is 0.0592. The van der Waals surface area contributed by atoms with Crippen molar-refractivity contribution in [3.05, 3.63) is 35.4 Å². The van der Waals surface area contributed by atoms with Crippen LogP contribution in [0, 0.1) is 0 Å². The molecule has 4 rings (SSSR count). The Kier molecular flexibility index (Phi) is 4.98. The number of nitrogens with zero attached hydrogens (tertiary/aromatic N) is 3. The van der Waals surface area contributed by atoms with Crippen molar-refractivity contribution >= 4 is 21.8 Å². The quantitative estimate of drug-likeness (QED) is 0.747. The molecule has 2 amide bonds. The molecule has 8 heteroatoms. The Labute approximate surface area is 172 Å². The summed E-state index contributed by atoms with van der Waals surface area (Å²) >= 11 is 0. The van der Waals surface area contributed by atoms with Crippen molar-refractivity contribution in [3.8, 4) is 0 Å². The lowest BCUT2D eigenvalue weighted by Crippen LogP contribution is -2.67. The van der Waals surface area contributed by atoms with Crippen LogP contribution in [0.3, 0.4) is 0 Å². The van der Waals surface area contributed by atoms with Crippen molar-refractivity contribution < 1.29 is 18.0 Å². The number of fused-ring (bicyclic) bond motifs is 1. The highest BCUT2D eigenvalue weighted by atomic mass is 32.2. The van der Waals surface area contributed by atoms with Crippen molar-refractivity contribution in [3.63, 3.8) is 0 Å². The van der Waals surface area contributed by atoms with Gasteiger partial charge in [0.1, 0.15) is 0 Å². The molecule has 0 N–H and O–H groups in total. The van der Waals surface area contributed by atoms with Crippen LogP contribution in [0.4, 0.5) is 0 Å². The van der Waals surface area contributed by atoms with Gasteiger partial charge in [-0.25, -0.2) is 12.7 Å². The predicted octanol–water partition coefficient (Wildman–Crippen LogP) is 1.66. The number of sulfonamides is 1. The van der Waals surface area contributed by atoms with Crippen LogP contribution >= 0.6 is 0 Å². The normalized spacial score (nSPS) is 24.6. The van der Waals surface area contributed by atoms with E-state index in [0.29, 0.717) is 31.5 Å². The summed E-state index contributed by atoms with van der Waals surface area (Å²) < 4.78 is 25.6. The number of likely N-dealkylation sites (tertiary alicyclic amines) is 1. The molecule has 1 aromatic rings. The van der Waals surface area contributed by atoms with E-state index in [1.807, 2.05) is 47.9 Å². The molecule has 0 bridgehead atoms. The minimum atomic E-state index is -3.31. The Morgan fingerprint density at radius 3 is 2.24 bits per heavy atom. The Balaban J connectivity index is 1.84. The van der Waals surface area contributed by atoms with Gasteiger partial charge in [0, 0.05) is 37.8 Å². The molecule has 3 aliphatic rings. The Morgan fingerprint density at radius 2 is 1.72 bits per heavy atom. The first-order valence-electron chi connectivity index (χ1n) is 10.3. The van der Waals surface area contributed by atoms with Gasteiger partial charge in [-0.2, -0.15) is 0 Å². The van der Waals surface area contributed by atoms with Gasteiger partial charge in [0.25, 0.3) is 5.91 Å². The maximum Gasteiger partial charge on any atom is 0.254 e. The number of rotatable bonds is 3. The van der Waals surface area contributed by atoms with Crippen LogP contribution in [0.15, 0.2) is 24.3 Å². The van der Waals surface area contributed by atoms with E-state index in [1.54, 1.807) is 0 Å². The smallest absolute Gasteiger partial charge is 0.254 e. The molecule has 2 fully saturated rings. The van der Waals surface area contributed by atoms with Crippen LogP contribution in [0.5, 0.6) is 0 Å². The van der Waals surface area contributed by atoms with Gasteiger partial charge in [-0.1, -0.05) is 18.2 Å². The van der Waals surface area contributed by atoms with Crippen LogP contribution in [0.1, 0.15) is 54.9 Å². The highest BCUT2D eigenvalue weighted by Crippen LogP contribution is 2.49. The lowest BCUT2D eigenvalue weighted by Gasteiger charge is -2.57. The lowest BCUT2D eigenvalue weighted by atomic mass is 9.66. The predicted molar refractivity (Wildman–Crippen MR) is 110 cm³/mol. The van der Waals surface area contributed by atoms with Crippen molar-refractivity contribution in [2.45, 2.75) is 50.6 Å². The molecule has 29 heavy (non-hydrogen) atoms. The molecular weight excluding hydrogens is 390 g/mol. The number of benzene rings is 1. The van der Waals surface area contributed by atoms with Crippen LogP contribution in [0.25, 0.3) is 0 Å². The van der Waals surface area contributed by atoms with Gasteiger partial charge < -0.3 is 9.80 Å². The second-order valence-corrected chi connectivity index (χ2v) is 10.7. The summed E-state index contributed by atoms with van der Waals surface area (Å²) in [4.78, 5) is 30.9. The molecule has 1 unspecified atom stereocenters. The maximum absolute atomic E-state index is 13.6. The largest absolute Gasteiger partial charge is 0.342 e. The summed E-state index contributed by atoms with van der Waals surface area (Å²) in [6.07, 6.45) is 3.14. The van der Waals surface area contributed by atoms with Gasteiger partial charge in [-0.05, 0) is 44.7 Å². The van der Waals surface area contributed by atoms with E-state index >= 15 is 0 Å². The van der Waals surface area contributed by atoms with E-state index in [2.05, 4.69) is 0 Å². The van der Waals surface area contributed by atoms with Gasteiger partial charge in [0.05, 0.1) is 17.7 Å². The molecule has 1 aromatic carbocycles. The summed E-state index contributed by atoms with van der Waals surface area (Å²) in [7, 11) is -3.31. The first kappa shape index (κ1) is 20.3. The average molecular weight is 420 g/mol. The number of hydrogen-bond acceptors (Lipinski definition) is 4. The first-order valence-corrected chi connectivity index (χ1v) is 12.2. The summed E-state index contributed by atoms with van der Waals surface area (Å²) in [5.41, 5.74) is 0.684. The van der Waals surface area contributed by atoms with E-state index in [-0.39, 0.29) is 17.9 Å². The second kappa shape index (κ2) is 7.09. The van der Waals surface area contributed by atoms with Crippen LogP contribution in [0.2, 0.25) is 0 Å². The molecule has 3 aliphatic heterocycles. The van der Waals surface area contributed by atoms with Crippen LogP contribution < -0.4 is 0 Å². The molecule has 3 heterocycles. The summed E-state index contributed by atoms with van der Waals surface area (Å²) in [5.74, 6) is -0.452. The van der Waals surface area contributed by atoms with Gasteiger partial charge in [-0.15, -0.1) is 0 Å². The van der Waals surface area contributed by atoms with Gasteiger partial charge in [0.2, 0.25) is 15.9 Å². The third kappa shape index (κ3) is 3.17. The SMILES string of the molecule is CC(C)N1C(=O)c2ccccc2C(C(=O)N2CCC2)C12CCN(S(C)(=O)=O)CC2. The van der Waals surface area contributed by atoms with Crippen molar-refractivity contribution in [2.24, 2.45) is 0 Å². The summed E-state index contributed by atoms with van der Waals surface area (Å²) in [6.45, 7) is 6.09. The van der Waals surface area contributed by atoms with Crippen LogP contribution in [-0.2, 0) is 14.8 Å². The van der Waals surface area contributed by atoms with E-state index in [0.717, 1.165) is 25.1 Å². The maximum atomic E-state index is 13.6. The Morgan fingerprint density at radius 1 is 1.10 bits per heavy atom. The molecule has 2 saturated heterocycles. The van der Waals surface area contributed by atoms with Crippen molar-refractivity contribution in [2.75, 3.05) is 32.4 Å². The fourth-order valence-corrected chi connectivity index (χ4v) is 6.12. The monoisotopic (exact) mass is 419 g/mol. The highest BCUT2D eigenvalue weighted by molar-refractivity contribution is 7.88. The minimum Gasteiger partial charge on any atom is -0.342 e. The summed E-state index contributed by atoms with van der Waals surface area (Å²) in [6, 6.07) is 7.34. The Bertz CT molecular complexity index is 931. The van der Waals surface area contributed by atoms with Crippen molar-refractivity contribution in [1.29, 1.82) is 0 Å². The van der Waals surface area contributed by atoms with Crippen molar-refractivity contribution in [1.82, 2.24) is 14.1 Å². The molecule has 0 radical (unpaired) electrons. The first-order chi connectivity index (χ1) is 13.7. The topological polar surface area (TPSA) is 78.0 Å². The molecular formula is C21H29N3O4S. The number of carbonyl (C=O) groups excluding carboxylic acids is 2. The van der Waals surface area contributed by atoms with E-state index in [1.165, 1.54) is 10.6 Å². The zero-order chi connectivity index (χ0) is 21.0. The van der Waals surface area contributed by atoms with Crippen LogP contribution in [-0.4, -0.2) is 78.4 Å². The van der Waals surface area contributed by atoms with E-state index < -0.39 is 21.5 Å².